The molecule has 1 N–H and O–H groups in total. The van der Waals surface area contributed by atoms with Gasteiger partial charge in [-0.2, -0.15) is 0 Å². The first-order valence-corrected chi connectivity index (χ1v) is 7.10. The number of nitrogens with one attached hydrogen (secondary N) is 1. The van der Waals surface area contributed by atoms with E-state index in [0.717, 1.165) is 31.5 Å². The number of hydrogen-bond donors (Lipinski definition) is 1. The van der Waals surface area contributed by atoms with E-state index in [2.05, 4.69) is 5.32 Å². The van der Waals surface area contributed by atoms with Gasteiger partial charge in [0.05, 0.1) is 5.02 Å². The molecule has 0 aliphatic carbocycles. The average molecular weight is 273 g/mol. The molecule has 1 amide bonds. The van der Waals surface area contributed by atoms with Gasteiger partial charge in [0.25, 0.3) is 5.91 Å². The van der Waals surface area contributed by atoms with Crippen LogP contribution in [-0.4, -0.2) is 37.0 Å². The van der Waals surface area contributed by atoms with Crippen LogP contribution in [0, 0.1) is 6.92 Å². The molecule has 1 aliphatic rings. The van der Waals surface area contributed by atoms with Crippen LogP contribution in [0.1, 0.15) is 28.1 Å². The Morgan fingerprint density at radius 2 is 2.47 bits per heavy atom. The lowest BCUT2D eigenvalue weighted by Gasteiger charge is -2.24. The topological polar surface area (TPSA) is 32.3 Å². The van der Waals surface area contributed by atoms with Gasteiger partial charge in [-0.25, -0.2) is 0 Å². The zero-order valence-electron chi connectivity index (χ0n) is 10.1. The Morgan fingerprint density at radius 3 is 3.06 bits per heavy atom. The van der Waals surface area contributed by atoms with Crippen molar-refractivity contribution in [2.45, 2.75) is 25.8 Å². The first kappa shape index (κ1) is 12.9. The Morgan fingerprint density at radius 1 is 1.71 bits per heavy atom. The lowest BCUT2D eigenvalue weighted by atomic mass is 10.2. The number of aryl methyl sites for hydroxylation is 1. The van der Waals surface area contributed by atoms with Crippen molar-refractivity contribution in [1.29, 1.82) is 0 Å². The summed E-state index contributed by atoms with van der Waals surface area (Å²) in [6, 6.07) is 0.311. The van der Waals surface area contributed by atoms with Crippen LogP contribution < -0.4 is 5.32 Å². The van der Waals surface area contributed by atoms with E-state index in [1.54, 1.807) is 0 Å². The molecule has 1 saturated heterocycles. The molecule has 1 aromatic rings. The Hall–Kier alpha value is -0.580. The third-order valence-corrected chi connectivity index (χ3v) is 4.86. The summed E-state index contributed by atoms with van der Waals surface area (Å²) in [5.74, 6) is 0.0888. The van der Waals surface area contributed by atoms with E-state index in [9.17, 15) is 4.79 Å². The number of likely N-dealkylation sites (tertiary alicyclic amines) is 1. The highest BCUT2D eigenvalue weighted by Gasteiger charge is 2.30. The number of rotatable bonds is 3. The maximum Gasteiger partial charge on any atom is 0.265 e. The number of likely N-dealkylation sites (N-methyl/N-ethyl adjacent to an activating group) is 1. The van der Waals surface area contributed by atoms with E-state index < -0.39 is 0 Å². The number of halogens is 1. The maximum absolute atomic E-state index is 12.4. The van der Waals surface area contributed by atoms with E-state index in [1.807, 2.05) is 24.3 Å². The summed E-state index contributed by atoms with van der Waals surface area (Å²) in [5.41, 5.74) is 0.990. The van der Waals surface area contributed by atoms with Gasteiger partial charge in [0.2, 0.25) is 0 Å². The van der Waals surface area contributed by atoms with Crippen LogP contribution >= 0.6 is 22.9 Å². The van der Waals surface area contributed by atoms with Crippen LogP contribution in [-0.2, 0) is 0 Å². The lowest BCUT2D eigenvalue weighted by Crippen LogP contribution is -2.40. The van der Waals surface area contributed by atoms with Crippen LogP contribution in [0.4, 0.5) is 0 Å². The molecule has 1 aliphatic heterocycles. The molecule has 3 nitrogen and oxygen atoms in total. The molecule has 2 heterocycles. The summed E-state index contributed by atoms with van der Waals surface area (Å²) < 4.78 is 0. The van der Waals surface area contributed by atoms with E-state index >= 15 is 0 Å². The number of hydrogen-bond acceptors (Lipinski definition) is 3. The van der Waals surface area contributed by atoms with Gasteiger partial charge in [0.1, 0.15) is 4.88 Å². The van der Waals surface area contributed by atoms with Crippen molar-refractivity contribution in [2.24, 2.45) is 0 Å². The zero-order chi connectivity index (χ0) is 12.4. The van der Waals surface area contributed by atoms with Crippen molar-refractivity contribution < 1.29 is 4.79 Å². The van der Waals surface area contributed by atoms with Crippen LogP contribution in [0.3, 0.4) is 0 Å². The van der Waals surface area contributed by atoms with Crippen LogP contribution in [0.2, 0.25) is 5.02 Å². The number of carbonyl (C=O) groups excluding carboxylic acids is 1. The third kappa shape index (κ3) is 2.49. The Balaban J connectivity index is 2.17. The maximum atomic E-state index is 12.4. The SMILES string of the molecule is CNCC1CCCN1C(=O)c1scc(C)c1Cl. The fourth-order valence-electron chi connectivity index (χ4n) is 2.26. The minimum absolute atomic E-state index is 0.0888. The first-order valence-electron chi connectivity index (χ1n) is 5.84. The van der Waals surface area contributed by atoms with Crippen LogP contribution in [0.25, 0.3) is 0 Å². The van der Waals surface area contributed by atoms with Gasteiger partial charge < -0.3 is 10.2 Å². The summed E-state index contributed by atoms with van der Waals surface area (Å²) >= 11 is 7.60. The molecule has 0 saturated carbocycles. The quantitative estimate of drug-likeness (QED) is 0.917. The van der Waals surface area contributed by atoms with Gasteiger partial charge in [0.15, 0.2) is 0 Å². The van der Waals surface area contributed by atoms with Crippen LogP contribution in [0.15, 0.2) is 5.38 Å². The molecule has 1 atom stereocenters. The van der Waals surface area contributed by atoms with Crippen molar-refractivity contribution in [3.05, 3.63) is 20.8 Å². The molecule has 1 fully saturated rings. The smallest absolute Gasteiger partial charge is 0.265 e. The number of nitrogens with zero attached hydrogens (tertiary/aromatic N) is 1. The normalized spacial score (nSPS) is 19.9. The Labute approximate surface area is 111 Å². The average Bonchev–Trinajstić information content (AvgIpc) is 2.88. The summed E-state index contributed by atoms with van der Waals surface area (Å²) in [6.45, 7) is 3.64. The van der Waals surface area contributed by atoms with Gasteiger partial charge in [-0.15, -0.1) is 11.3 Å². The van der Waals surface area contributed by atoms with Gasteiger partial charge in [-0.1, -0.05) is 11.6 Å². The fraction of sp³-hybridized carbons (Fsp3) is 0.583. The molecule has 94 valence electrons. The minimum Gasteiger partial charge on any atom is -0.334 e. The molecule has 1 aromatic heterocycles. The summed E-state index contributed by atoms with van der Waals surface area (Å²) in [6.07, 6.45) is 2.16. The van der Waals surface area contributed by atoms with E-state index in [4.69, 9.17) is 11.6 Å². The summed E-state index contributed by atoms with van der Waals surface area (Å²) in [5, 5.41) is 5.71. The highest BCUT2D eigenvalue weighted by molar-refractivity contribution is 7.13. The van der Waals surface area contributed by atoms with E-state index in [1.165, 1.54) is 11.3 Å². The molecular formula is C12H17ClN2OS. The molecule has 2 rings (SSSR count). The highest BCUT2D eigenvalue weighted by atomic mass is 35.5. The molecule has 5 heteroatoms. The number of thiophene rings is 1. The predicted molar refractivity (Wildman–Crippen MR) is 72.1 cm³/mol. The van der Waals surface area contributed by atoms with Gasteiger partial charge in [-0.3, -0.25) is 4.79 Å². The monoisotopic (exact) mass is 272 g/mol. The second-order valence-corrected chi connectivity index (χ2v) is 5.67. The Bertz CT molecular complexity index is 419. The zero-order valence-corrected chi connectivity index (χ0v) is 11.7. The van der Waals surface area contributed by atoms with Gasteiger partial charge in [0, 0.05) is 19.1 Å². The second kappa shape index (κ2) is 5.38. The first-order chi connectivity index (χ1) is 8.15. The minimum atomic E-state index is 0.0888. The summed E-state index contributed by atoms with van der Waals surface area (Å²) in [4.78, 5) is 15.0. The molecule has 17 heavy (non-hydrogen) atoms. The Kier molecular flexibility index (Phi) is 4.07. The van der Waals surface area contributed by atoms with Gasteiger partial charge >= 0.3 is 0 Å². The fourth-order valence-corrected chi connectivity index (χ4v) is 3.48. The molecule has 0 radical (unpaired) electrons. The molecule has 0 bridgehead atoms. The standard InChI is InChI=1S/C12H17ClN2OS/c1-8-7-17-11(10(8)13)12(16)15-5-3-4-9(15)6-14-2/h7,9,14H,3-6H2,1-2H3. The molecule has 0 spiro atoms. The predicted octanol–water partition coefficient (Wildman–Crippen LogP) is 2.53. The molecule has 1 unspecified atom stereocenters. The van der Waals surface area contributed by atoms with Crippen molar-refractivity contribution in [3.63, 3.8) is 0 Å². The van der Waals surface area contributed by atoms with Gasteiger partial charge in [-0.05, 0) is 37.8 Å². The van der Waals surface area contributed by atoms with E-state index in [-0.39, 0.29) is 5.91 Å². The molecular weight excluding hydrogens is 256 g/mol. The molecule has 0 aromatic carbocycles. The van der Waals surface area contributed by atoms with Crippen molar-refractivity contribution in [1.82, 2.24) is 10.2 Å². The van der Waals surface area contributed by atoms with Crippen molar-refractivity contribution >= 4 is 28.8 Å². The van der Waals surface area contributed by atoms with E-state index in [0.29, 0.717) is 15.9 Å². The largest absolute Gasteiger partial charge is 0.334 e. The lowest BCUT2D eigenvalue weighted by molar-refractivity contribution is 0.0742. The number of carbonyl (C=O) groups is 1. The van der Waals surface area contributed by atoms with Crippen molar-refractivity contribution in [3.8, 4) is 0 Å². The highest BCUT2D eigenvalue weighted by Crippen LogP contribution is 2.30. The second-order valence-electron chi connectivity index (χ2n) is 4.41. The van der Waals surface area contributed by atoms with Crippen LogP contribution in [0.5, 0.6) is 0 Å². The number of amides is 1. The van der Waals surface area contributed by atoms with Crippen molar-refractivity contribution in [2.75, 3.05) is 20.1 Å². The third-order valence-electron chi connectivity index (χ3n) is 3.17. The summed E-state index contributed by atoms with van der Waals surface area (Å²) in [7, 11) is 1.92.